The van der Waals surface area contributed by atoms with Crippen molar-refractivity contribution in [1.82, 2.24) is 5.32 Å². The molecule has 3 aromatic rings. The van der Waals surface area contributed by atoms with E-state index in [9.17, 15) is 18.4 Å². The van der Waals surface area contributed by atoms with Gasteiger partial charge in [-0.2, -0.15) is 0 Å². The summed E-state index contributed by atoms with van der Waals surface area (Å²) in [7, 11) is 0. The van der Waals surface area contributed by atoms with Crippen LogP contribution >= 0.6 is 0 Å². The van der Waals surface area contributed by atoms with Gasteiger partial charge < -0.3 is 16.0 Å². The highest BCUT2D eigenvalue weighted by Crippen LogP contribution is 2.19. The Morgan fingerprint density at radius 1 is 0.839 bits per heavy atom. The molecular formula is C23H22F2N4O2. The Hall–Kier alpha value is -3.94. The summed E-state index contributed by atoms with van der Waals surface area (Å²) in [5.74, 6) is -0.978. The van der Waals surface area contributed by atoms with E-state index in [1.807, 2.05) is 19.1 Å². The minimum Gasteiger partial charge on any atom is -0.336 e. The van der Waals surface area contributed by atoms with Gasteiger partial charge in [-0.3, -0.25) is 4.90 Å². The molecule has 4 amide bonds. The Kier molecular flexibility index (Phi) is 7.16. The molecule has 3 N–H and O–H groups in total. The van der Waals surface area contributed by atoms with Crippen LogP contribution < -0.4 is 20.9 Å². The number of hydrogen-bond acceptors (Lipinski definition) is 2. The summed E-state index contributed by atoms with van der Waals surface area (Å²) in [5.41, 5.74) is 2.04. The summed E-state index contributed by atoms with van der Waals surface area (Å²) in [5, 5.41) is 7.83. The lowest BCUT2D eigenvalue weighted by Crippen LogP contribution is -2.42. The lowest BCUT2D eigenvalue weighted by molar-refractivity contribution is 0.250. The van der Waals surface area contributed by atoms with Crippen LogP contribution in [-0.4, -0.2) is 25.2 Å². The average molecular weight is 424 g/mol. The zero-order chi connectivity index (χ0) is 22.2. The van der Waals surface area contributed by atoms with Crippen LogP contribution in [0.2, 0.25) is 0 Å². The molecule has 31 heavy (non-hydrogen) atoms. The SMILES string of the molecule is Cc1ccccc1NC(=O)N(CCNC(=O)Nc1ccccc1F)c1ccc(F)cc1. The first-order chi connectivity index (χ1) is 14.9. The predicted molar refractivity (Wildman–Crippen MR) is 117 cm³/mol. The van der Waals surface area contributed by atoms with Gasteiger partial charge in [-0.1, -0.05) is 30.3 Å². The molecule has 0 aliphatic heterocycles. The molecule has 0 spiro atoms. The Balaban J connectivity index is 1.66. The number of benzene rings is 3. The maximum atomic E-state index is 13.7. The number of halogens is 2. The minimum absolute atomic E-state index is 0.0488. The molecule has 3 rings (SSSR count). The number of anilines is 3. The topological polar surface area (TPSA) is 73.5 Å². The zero-order valence-corrected chi connectivity index (χ0v) is 16.9. The van der Waals surface area contributed by atoms with Crippen molar-refractivity contribution in [3.8, 4) is 0 Å². The van der Waals surface area contributed by atoms with Gasteiger partial charge in [-0.25, -0.2) is 18.4 Å². The molecule has 0 bridgehead atoms. The van der Waals surface area contributed by atoms with Crippen LogP contribution in [0.15, 0.2) is 72.8 Å². The molecule has 0 aromatic heterocycles. The van der Waals surface area contributed by atoms with Crippen LogP contribution in [0.4, 0.5) is 35.4 Å². The number of rotatable bonds is 6. The molecule has 0 saturated carbocycles. The summed E-state index contributed by atoms with van der Waals surface area (Å²) in [4.78, 5) is 26.4. The molecule has 8 heteroatoms. The molecule has 160 valence electrons. The second kappa shape index (κ2) is 10.2. The quantitative estimate of drug-likeness (QED) is 0.513. The van der Waals surface area contributed by atoms with Gasteiger partial charge in [-0.15, -0.1) is 0 Å². The van der Waals surface area contributed by atoms with E-state index in [-0.39, 0.29) is 18.8 Å². The molecule has 0 radical (unpaired) electrons. The maximum absolute atomic E-state index is 13.7. The van der Waals surface area contributed by atoms with Crippen molar-refractivity contribution in [3.05, 3.63) is 90.0 Å². The Bertz CT molecular complexity index is 1060. The van der Waals surface area contributed by atoms with E-state index < -0.39 is 23.7 Å². The summed E-state index contributed by atoms with van der Waals surface area (Å²) in [6.45, 7) is 2.05. The van der Waals surface area contributed by atoms with Crippen molar-refractivity contribution >= 4 is 29.1 Å². The van der Waals surface area contributed by atoms with Crippen LogP contribution in [0.1, 0.15) is 5.56 Å². The van der Waals surface area contributed by atoms with Crippen molar-refractivity contribution in [2.24, 2.45) is 0 Å². The number of urea groups is 2. The fourth-order valence-corrected chi connectivity index (χ4v) is 2.88. The third kappa shape index (κ3) is 6.02. The van der Waals surface area contributed by atoms with Crippen molar-refractivity contribution < 1.29 is 18.4 Å². The first-order valence-corrected chi connectivity index (χ1v) is 9.63. The summed E-state index contributed by atoms with van der Waals surface area (Å²) in [6.07, 6.45) is 0. The highest BCUT2D eigenvalue weighted by Gasteiger charge is 2.17. The first-order valence-electron chi connectivity index (χ1n) is 9.63. The normalized spacial score (nSPS) is 10.3. The highest BCUT2D eigenvalue weighted by atomic mass is 19.1. The number of amides is 4. The van der Waals surface area contributed by atoms with Gasteiger partial charge in [-0.05, 0) is 55.0 Å². The van der Waals surface area contributed by atoms with Crippen LogP contribution in [0.5, 0.6) is 0 Å². The third-order valence-corrected chi connectivity index (χ3v) is 4.51. The van der Waals surface area contributed by atoms with Crippen LogP contribution in [0.3, 0.4) is 0 Å². The fourth-order valence-electron chi connectivity index (χ4n) is 2.88. The largest absolute Gasteiger partial charge is 0.336 e. The molecule has 0 aliphatic rings. The molecule has 0 unspecified atom stereocenters. The molecule has 0 aliphatic carbocycles. The minimum atomic E-state index is -0.608. The number of para-hydroxylation sites is 2. The average Bonchev–Trinajstić information content (AvgIpc) is 2.75. The number of carbonyl (C=O) groups is 2. The second-order valence-corrected chi connectivity index (χ2v) is 6.73. The van der Waals surface area contributed by atoms with Crippen molar-refractivity contribution in [2.75, 3.05) is 28.6 Å². The Labute approximate surface area is 178 Å². The standard InChI is InChI=1S/C23H22F2N4O2/c1-16-6-2-4-8-20(16)28-23(31)29(18-12-10-17(24)11-13-18)15-14-26-22(30)27-21-9-5-3-7-19(21)25/h2-13H,14-15H2,1H3,(H,28,31)(H2,26,27,30). The molecule has 0 heterocycles. The van der Waals surface area contributed by atoms with Gasteiger partial charge in [0.15, 0.2) is 0 Å². The Morgan fingerprint density at radius 3 is 2.16 bits per heavy atom. The molecule has 6 nitrogen and oxygen atoms in total. The number of hydrogen-bond donors (Lipinski definition) is 3. The van der Waals surface area contributed by atoms with Crippen molar-refractivity contribution in [1.29, 1.82) is 0 Å². The number of aryl methyl sites for hydroxylation is 1. The van der Waals surface area contributed by atoms with Crippen LogP contribution in [0, 0.1) is 18.6 Å². The monoisotopic (exact) mass is 424 g/mol. The highest BCUT2D eigenvalue weighted by molar-refractivity contribution is 6.02. The second-order valence-electron chi connectivity index (χ2n) is 6.73. The van der Waals surface area contributed by atoms with E-state index in [4.69, 9.17) is 0 Å². The molecule has 0 atom stereocenters. The number of nitrogens with one attached hydrogen (secondary N) is 3. The molecular weight excluding hydrogens is 402 g/mol. The van der Waals surface area contributed by atoms with E-state index in [2.05, 4.69) is 16.0 Å². The zero-order valence-electron chi connectivity index (χ0n) is 16.9. The van der Waals surface area contributed by atoms with Crippen LogP contribution in [-0.2, 0) is 0 Å². The van der Waals surface area contributed by atoms with Gasteiger partial charge in [0.1, 0.15) is 11.6 Å². The van der Waals surface area contributed by atoms with Gasteiger partial charge in [0.05, 0.1) is 5.69 Å². The van der Waals surface area contributed by atoms with Gasteiger partial charge in [0.2, 0.25) is 0 Å². The van der Waals surface area contributed by atoms with Gasteiger partial charge >= 0.3 is 12.1 Å². The van der Waals surface area contributed by atoms with Crippen molar-refractivity contribution in [2.45, 2.75) is 6.92 Å². The first kappa shape index (κ1) is 21.8. The lowest BCUT2D eigenvalue weighted by Gasteiger charge is -2.24. The lowest BCUT2D eigenvalue weighted by atomic mass is 10.2. The van der Waals surface area contributed by atoms with Crippen LogP contribution in [0.25, 0.3) is 0 Å². The Morgan fingerprint density at radius 2 is 1.48 bits per heavy atom. The van der Waals surface area contributed by atoms with E-state index >= 15 is 0 Å². The maximum Gasteiger partial charge on any atom is 0.326 e. The summed E-state index contributed by atoms with van der Waals surface area (Å²) >= 11 is 0. The molecule has 3 aromatic carbocycles. The van der Waals surface area contributed by atoms with Gasteiger partial charge in [0.25, 0.3) is 0 Å². The van der Waals surface area contributed by atoms with E-state index in [1.165, 1.54) is 47.4 Å². The van der Waals surface area contributed by atoms with Crippen molar-refractivity contribution in [3.63, 3.8) is 0 Å². The number of carbonyl (C=O) groups excluding carboxylic acids is 2. The molecule has 0 fully saturated rings. The fraction of sp³-hybridized carbons (Fsp3) is 0.130. The molecule has 0 saturated heterocycles. The smallest absolute Gasteiger partial charge is 0.326 e. The summed E-state index contributed by atoms with van der Waals surface area (Å²) in [6, 6.07) is 17.5. The number of nitrogens with zero attached hydrogens (tertiary/aromatic N) is 1. The van der Waals surface area contributed by atoms with E-state index in [1.54, 1.807) is 18.2 Å². The van der Waals surface area contributed by atoms with E-state index in [0.29, 0.717) is 11.4 Å². The van der Waals surface area contributed by atoms with Gasteiger partial charge in [0, 0.05) is 24.5 Å². The van der Waals surface area contributed by atoms with E-state index in [0.717, 1.165) is 5.56 Å². The summed E-state index contributed by atoms with van der Waals surface area (Å²) < 4.78 is 27.0. The third-order valence-electron chi connectivity index (χ3n) is 4.51. The predicted octanol–water partition coefficient (Wildman–Crippen LogP) is 5.13.